The molecule has 1 aromatic carbocycles. The molecule has 0 saturated carbocycles. The third-order valence-corrected chi connectivity index (χ3v) is 2.67. The molecule has 1 aromatic rings. The Bertz CT molecular complexity index is 367. The van der Waals surface area contributed by atoms with E-state index < -0.39 is 5.38 Å². The lowest BCUT2D eigenvalue weighted by molar-refractivity contribution is 0.0991. The van der Waals surface area contributed by atoms with Gasteiger partial charge in [-0.3, -0.25) is 4.79 Å². The Balaban J connectivity index is 3.22. The van der Waals surface area contributed by atoms with E-state index in [0.29, 0.717) is 0 Å². The van der Waals surface area contributed by atoms with E-state index in [1.54, 1.807) is 6.92 Å². The third kappa shape index (κ3) is 2.16. The number of aryl methyl sites for hydroxylation is 3. The van der Waals surface area contributed by atoms with E-state index in [0.717, 1.165) is 16.7 Å². The van der Waals surface area contributed by atoms with Gasteiger partial charge in [-0.1, -0.05) is 6.07 Å². The minimum Gasteiger partial charge on any atom is -0.293 e. The van der Waals surface area contributed by atoms with E-state index in [9.17, 15) is 4.79 Å². The van der Waals surface area contributed by atoms with Gasteiger partial charge in [0.15, 0.2) is 5.78 Å². The monoisotopic (exact) mass is 210 g/mol. The zero-order valence-corrected chi connectivity index (χ0v) is 9.77. The summed E-state index contributed by atoms with van der Waals surface area (Å²) in [5, 5.41) is -0.448. The lowest BCUT2D eigenvalue weighted by Crippen LogP contribution is -2.12. The summed E-state index contributed by atoms with van der Waals surface area (Å²) >= 11 is 5.78. The van der Waals surface area contributed by atoms with Gasteiger partial charge in [-0.25, -0.2) is 0 Å². The van der Waals surface area contributed by atoms with Crippen molar-refractivity contribution < 1.29 is 4.79 Å². The van der Waals surface area contributed by atoms with Crippen LogP contribution in [0.3, 0.4) is 0 Å². The number of carbonyl (C=O) groups excluding carboxylic acids is 1. The van der Waals surface area contributed by atoms with Gasteiger partial charge in [-0.2, -0.15) is 0 Å². The molecule has 76 valence electrons. The molecule has 0 saturated heterocycles. The SMILES string of the molecule is Cc1cc(C)c(C(=O)[C@H](C)Cl)cc1C. The third-order valence-electron chi connectivity index (χ3n) is 2.47. The largest absolute Gasteiger partial charge is 0.293 e. The Hall–Kier alpha value is -0.820. The number of rotatable bonds is 2. The van der Waals surface area contributed by atoms with Crippen LogP contribution in [0.15, 0.2) is 12.1 Å². The highest BCUT2D eigenvalue weighted by molar-refractivity contribution is 6.33. The normalized spacial score (nSPS) is 12.6. The second kappa shape index (κ2) is 4.14. The second-order valence-electron chi connectivity index (χ2n) is 3.73. The average Bonchev–Trinajstić information content (AvgIpc) is 2.10. The molecule has 0 aromatic heterocycles. The van der Waals surface area contributed by atoms with Gasteiger partial charge in [0.1, 0.15) is 0 Å². The van der Waals surface area contributed by atoms with Crippen molar-refractivity contribution in [3.8, 4) is 0 Å². The second-order valence-corrected chi connectivity index (χ2v) is 4.39. The summed E-state index contributed by atoms with van der Waals surface area (Å²) in [7, 11) is 0. The molecule has 2 heteroatoms. The minimum absolute atomic E-state index is 0.00673. The average molecular weight is 211 g/mol. The number of hydrogen-bond donors (Lipinski definition) is 0. The predicted octanol–water partition coefficient (Wildman–Crippen LogP) is 3.42. The van der Waals surface area contributed by atoms with E-state index in [4.69, 9.17) is 11.6 Å². The van der Waals surface area contributed by atoms with E-state index in [-0.39, 0.29) is 5.78 Å². The number of carbonyl (C=O) groups is 1. The Labute approximate surface area is 90.1 Å². The molecule has 0 aliphatic carbocycles. The molecule has 14 heavy (non-hydrogen) atoms. The highest BCUT2D eigenvalue weighted by atomic mass is 35.5. The topological polar surface area (TPSA) is 17.1 Å². The van der Waals surface area contributed by atoms with Gasteiger partial charge in [0, 0.05) is 5.56 Å². The van der Waals surface area contributed by atoms with Crippen LogP contribution in [0.4, 0.5) is 0 Å². The van der Waals surface area contributed by atoms with Crippen molar-refractivity contribution in [3.05, 3.63) is 34.4 Å². The van der Waals surface area contributed by atoms with Crippen LogP contribution in [0.25, 0.3) is 0 Å². The molecule has 0 spiro atoms. The van der Waals surface area contributed by atoms with Crippen LogP contribution in [0.1, 0.15) is 34.0 Å². The van der Waals surface area contributed by atoms with Gasteiger partial charge < -0.3 is 0 Å². The fourth-order valence-electron chi connectivity index (χ4n) is 1.44. The summed E-state index contributed by atoms with van der Waals surface area (Å²) in [6, 6.07) is 3.95. The first kappa shape index (κ1) is 11.3. The number of benzene rings is 1. The standard InChI is InChI=1S/C12H15ClO/c1-7-5-9(3)11(6-8(7)2)12(14)10(4)13/h5-6,10H,1-4H3/t10-/m0/s1. The summed E-state index contributed by atoms with van der Waals surface area (Å²) in [6.07, 6.45) is 0. The Morgan fingerprint density at radius 2 is 1.64 bits per heavy atom. The van der Waals surface area contributed by atoms with Gasteiger partial charge >= 0.3 is 0 Å². The van der Waals surface area contributed by atoms with Crippen LogP contribution >= 0.6 is 11.6 Å². The fraction of sp³-hybridized carbons (Fsp3) is 0.417. The zero-order chi connectivity index (χ0) is 10.9. The Morgan fingerprint density at radius 1 is 1.14 bits per heavy atom. The molecule has 0 N–H and O–H groups in total. The van der Waals surface area contributed by atoms with Crippen LogP contribution in [0.5, 0.6) is 0 Å². The van der Waals surface area contributed by atoms with Crippen LogP contribution in [-0.4, -0.2) is 11.2 Å². The smallest absolute Gasteiger partial charge is 0.180 e. The van der Waals surface area contributed by atoms with Gasteiger partial charge in [-0.05, 0) is 50.5 Å². The summed E-state index contributed by atoms with van der Waals surface area (Å²) in [5.74, 6) is 0.00673. The maximum absolute atomic E-state index is 11.7. The summed E-state index contributed by atoms with van der Waals surface area (Å²) < 4.78 is 0. The molecule has 0 radical (unpaired) electrons. The number of halogens is 1. The lowest BCUT2D eigenvalue weighted by Gasteiger charge is -2.09. The van der Waals surface area contributed by atoms with E-state index in [1.165, 1.54) is 5.56 Å². The Kier molecular flexibility index (Phi) is 3.33. The number of alkyl halides is 1. The van der Waals surface area contributed by atoms with Crippen molar-refractivity contribution in [2.24, 2.45) is 0 Å². The molecule has 1 atom stereocenters. The minimum atomic E-state index is -0.448. The molecule has 0 fully saturated rings. The van der Waals surface area contributed by atoms with Crippen LogP contribution in [-0.2, 0) is 0 Å². The lowest BCUT2D eigenvalue weighted by atomic mass is 9.97. The van der Waals surface area contributed by atoms with Crippen LogP contribution in [0, 0.1) is 20.8 Å². The maximum Gasteiger partial charge on any atom is 0.180 e. The summed E-state index contributed by atoms with van der Waals surface area (Å²) in [4.78, 5) is 11.7. The molecule has 1 nitrogen and oxygen atoms in total. The molecule has 0 aliphatic heterocycles. The summed E-state index contributed by atoms with van der Waals surface area (Å²) in [6.45, 7) is 7.70. The van der Waals surface area contributed by atoms with E-state index >= 15 is 0 Å². The zero-order valence-electron chi connectivity index (χ0n) is 9.02. The van der Waals surface area contributed by atoms with E-state index in [2.05, 4.69) is 0 Å². The van der Waals surface area contributed by atoms with Crippen molar-refractivity contribution >= 4 is 17.4 Å². The fourth-order valence-corrected chi connectivity index (χ4v) is 1.56. The molecule has 0 heterocycles. The highest BCUT2D eigenvalue weighted by Crippen LogP contribution is 2.18. The van der Waals surface area contributed by atoms with Gasteiger partial charge in [0.25, 0.3) is 0 Å². The molecule has 0 unspecified atom stereocenters. The number of ketones is 1. The van der Waals surface area contributed by atoms with Gasteiger partial charge in [0.05, 0.1) is 5.38 Å². The first-order valence-corrected chi connectivity index (χ1v) is 5.13. The highest BCUT2D eigenvalue weighted by Gasteiger charge is 2.15. The molecule has 0 bridgehead atoms. The molecule has 1 rings (SSSR count). The van der Waals surface area contributed by atoms with Crippen LogP contribution in [0.2, 0.25) is 0 Å². The van der Waals surface area contributed by atoms with Crippen molar-refractivity contribution in [1.82, 2.24) is 0 Å². The van der Waals surface area contributed by atoms with Crippen molar-refractivity contribution in [2.45, 2.75) is 33.1 Å². The molecular weight excluding hydrogens is 196 g/mol. The maximum atomic E-state index is 11.7. The molecule has 0 amide bonds. The first-order valence-electron chi connectivity index (χ1n) is 4.69. The van der Waals surface area contributed by atoms with Crippen molar-refractivity contribution in [1.29, 1.82) is 0 Å². The summed E-state index contributed by atoms with van der Waals surface area (Å²) in [5.41, 5.74) is 4.10. The van der Waals surface area contributed by atoms with Crippen molar-refractivity contribution in [3.63, 3.8) is 0 Å². The van der Waals surface area contributed by atoms with Gasteiger partial charge in [-0.15, -0.1) is 11.6 Å². The first-order chi connectivity index (χ1) is 6.43. The predicted molar refractivity (Wildman–Crippen MR) is 60.3 cm³/mol. The number of Topliss-reactive ketones (excluding diaryl/α,β-unsaturated/α-hetero) is 1. The van der Waals surface area contributed by atoms with E-state index in [1.807, 2.05) is 32.9 Å². The van der Waals surface area contributed by atoms with Crippen molar-refractivity contribution in [2.75, 3.05) is 0 Å². The Morgan fingerprint density at radius 3 is 2.14 bits per heavy atom. The molecular formula is C12H15ClO. The quantitative estimate of drug-likeness (QED) is 0.540. The molecule has 0 aliphatic rings. The van der Waals surface area contributed by atoms with Crippen LogP contribution < -0.4 is 0 Å². The number of hydrogen-bond acceptors (Lipinski definition) is 1. The van der Waals surface area contributed by atoms with Gasteiger partial charge in [0.2, 0.25) is 0 Å².